The summed E-state index contributed by atoms with van der Waals surface area (Å²) in [6.07, 6.45) is 7.91. The average Bonchev–Trinajstić information content (AvgIpc) is 3.06. The number of para-hydroxylation sites is 1. The Morgan fingerprint density at radius 1 is 0.917 bits per heavy atom. The summed E-state index contributed by atoms with van der Waals surface area (Å²) in [5.74, 6) is 1.14. The minimum atomic E-state index is -0.196. The van der Waals surface area contributed by atoms with Crippen LogP contribution in [0.25, 0.3) is 11.1 Å². The van der Waals surface area contributed by atoms with Gasteiger partial charge in [-0.05, 0) is 44.1 Å². The Morgan fingerprint density at radius 3 is 2.46 bits per heavy atom. The lowest BCUT2D eigenvalue weighted by molar-refractivity contribution is 0.399. The highest BCUT2D eigenvalue weighted by Gasteiger charge is 2.34. The zero-order chi connectivity index (χ0) is 16.5. The molecule has 1 saturated carbocycles. The quantitative estimate of drug-likeness (QED) is 0.712. The number of fused-ring (bicyclic) bond motifs is 1. The molecule has 1 unspecified atom stereocenters. The number of rotatable bonds is 3. The second-order valence-electron chi connectivity index (χ2n) is 7.10. The van der Waals surface area contributed by atoms with E-state index in [1.807, 2.05) is 0 Å². The van der Waals surface area contributed by atoms with E-state index < -0.39 is 0 Å². The SMILES string of the molecule is CN(C)c1ccccc1-c1cccc2c1P(C1CCCCC1)CO2. The number of ether oxygens (including phenoxy) is 1. The second-order valence-corrected chi connectivity index (χ2v) is 9.47. The van der Waals surface area contributed by atoms with Crippen LogP contribution in [0.15, 0.2) is 42.5 Å². The summed E-state index contributed by atoms with van der Waals surface area (Å²) in [6, 6.07) is 15.4. The molecule has 2 aromatic carbocycles. The first-order chi connectivity index (χ1) is 11.8. The fourth-order valence-electron chi connectivity index (χ4n) is 4.13. The molecule has 1 fully saturated rings. The fraction of sp³-hybridized carbons (Fsp3) is 0.429. The van der Waals surface area contributed by atoms with E-state index in [1.54, 1.807) is 0 Å². The van der Waals surface area contributed by atoms with E-state index in [0.717, 1.165) is 17.8 Å². The molecule has 0 N–H and O–H groups in total. The van der Waals surface area contributed by atoms with Gasteiger partial charge in [0.25, 0.3) is 0 Å². The van der Waals surface area contributed by atoms with Crippen molar-refractivity contribution in [1.29, 1.82) is 0 Å². The van der Waals surface area contributed by atoms with E-state index >= 15 is 0 Å². The standard InChI is InChI=1S/C21H26NOP/c1-22(2)19-13-7-6-11-17(19)18-12-8-14-20-21(18)24(15-23-20)16-9-4-3-5-10-16/h6-8,11-14,16H,3-5,9-10,15H2,1-2H3. The van der Waals surface area contributed by atoms with E-state index in [1.165, 1.54) is 54.2 Å². The molecule has 0 saturated heterocycles. The zero-order valence-corrected chi connectivity index (χ0v) is 15.6. The summed E-state index contributed by atoms with van der Waals surface area (Å²) in [5, 5.41) is 1.52. The Kier molecular flexibility index (Phi) is 4.50. The smallest absolute Gasteiger partial charge is 0.128 e. The van der Waals surface area contributed by atoms with Gasteiger partial charge in [-0.1, -0.05) is 49.6 Å². The van der Waals surface area contributed by atoms with Gasteiger partial charge in [0.1, 0.15) is 12.1 Å². The summed E-state index contributed by atoms with van der Waals surface area (Å²) in [4.78, 5) is 2.22. The Bertz CT molecular complexity index is 722. The summed E-state index contributed by atoms with van der Waals surface area (Å²) in [6.45, 7) is 0. The summed E-state index contributed by atoms with van der Waals surface area (Å²) < 4.78 is 6.14. The van der Waals surface area contributed by atoms with Crippen molar-refractivity contribution in [3.8, 4) is 16.9 Å². The summed E-state index contributed by atoms with van der Waals surface area (Å²) in [7, 11) is 4.06. The van der Waals surface area contributed by atoms with Crippen LogP contribution in [0.3, 0.4) is 0 Å². The van der Waals surface area contributed by atoms with E-state index in [9.17, 15) is 0 Å². The number of anilines is 1. The van der Waals surface area contributed by atoms with Crippen LogP contribution in [0, 0.1) is 0 Å². The van der Waals surface area contributed by atoms with Gasteiger partial charge in [0.05, 0.1) is 0 Å². The van der Waals surface area contributed by atoms with Gasteiger partial charge in [0, 0.05) is 30.7 Å². The molecule has 0 aromatic heterocycles. The maximum Gasteiger partial charge on any atom is 0.128 e. The van der Waals surface area contributed by atoms with Crippen LogP contribution < -0.4 is 14.9 Å². The average molecular weight is 339 g/mol. The fourth-order valence-corrected chi connectivity index (χ4v) is 7.03. The predicted octanol–water partition coefficient (Wildman–Crippen LogP) is 5.21. The molecule has 1 heterocycles. The Labute approximate surface area is 146 Å². The third-order valence-electron chi connectivity index (χ3n) is 5.34. The minimum absolute atomic E-state index is 0.196. The Hall–Kier alpha value is -1.53. The molecule has 24 heavy (non-hydrogen) atoms. The number of nitrogens with zero attached hydrogens (tertiary/aromatic N) is 1. The molecule has 0 bridgehead atoms. The van der Waals surface area contributed by atoms with Crippen LogP contribution in [0.5, 0.6) is 5.75 Å². The monoisotopic (exact) mass is 339 g/mol. The lowest BCUT2D eigenvalue weighted by Crippen LogP contribution is -2.17. The highest BCUT2D eigenvalue weighted by atomic mass is 31.1. The minimum Gasteiger partial charge on any atom is -0.488 e. The molecule has 0 amide bonds. The normalized spacial score (nSPS) is 20.5. The van der Waals surface area contributed by atoms with E-state index in [0.29, 0.717) is 0 Å². The van der Waals surface area contributed by atoms with Gasteiger partial charge in [-0.25, -0.2) is 0 Å². The molecular weight excluding hydrogens is 313 g/mol. The molecule has 2 nitrogen and oxygen atoms in total. The summed E-state index contributed by atoms with van der Waals surface area (Å²) in [5.41, 5.74) is 4.87. The van der Waals surface area contributed by atoms with Crippen LogP contribution in [0.4, 0.5) is 5.69 Å². The molecule has 4 rings (SSSR count). The highest BCUT2D eigenvalue weighted by molar-refractivity contribution is 7.67. The maximum atomic E-state index is 6.14. The topological polar surface area (TPSA) is 12.5 Å². The number of hydrogen-bond donors (Lipinski definition) is 0. The predicted molar refractivity (Wildman–Crippen MR) is 105 cm³/mol. The van der Waals surface area contributed by atoms with Crippen LogP contribution in [-0.2, 0) is 0 Å². The third-order valence-corrected chi connectivity index (χ3v) is 8.18. The Balaban J connectivity index is 1.80. The van der Waals surface area contributed by atoms with Crippen LogP contribution in [0.1, 0.15) is 32.1 Å². The zero-order valence-electron chi connectivity index (χ0n) is 14.7. The van der Waals surface area contributed by atoms with Crippen molar-refractivity contribution < 1.29 is 4.74 Å². The van der Waals surface area contributed by atoms with Crippen molar-refractivity contribution in [2.75, 3.05) is 25.3 Å². The first-order valence-electron chi connectivity index (χ1n) is 9.05. The maximum absolute atomic E-state index is 6.14. The van der Waals surface area contributed by atoms with Crippen molar-refractivity contribution in [2.24, 2.45) is 0 Å². The van der Waals surface area contributed by atoms with Crippen molar-refractivity contribution >= 4 is 18.9 Å². The van der Waals surface area contributed by atoms with Gasteiger partial charge in [0.2, 0.25) is 0 Å². The second kappa shape index (κ2) is 6.76. The van der Waals surface area contributed by atoms with Gasteiger partial charge >= 0.3 is 0 Å². The summed E-state index contributed by atoms with van der Waals surface area (Å²) >= 11 is 0. The largest absolute Gasteiger partial charge is 0.488 e. The lowest BCUT2D eigenvalue weighted by atomic mass is 10.0. The number of benzene rings is 2. The first kappa shape index (κ1) is 16.0. The van der Waals surface area contributed by atoms with Crippen LogP contribution in [-0.4, -0.2) is 26.1 Å². The molecule has 2 aliphatic rings. The number of hydrogen-bond acceptors (Lipinski definition) is 2. The molecular formula is C21H26NOP. The van der Waals surface area contributed by atoms with Gasteiger partial charge in [-0.3, -0.25) is 0 Å². The Morgan fingerprint density at radius 2 is 1.67 bits per heavy atom. The molecule has 0 spiro atoms. The molecule has 126 valence electrons. The van der Waals surface area contributed by atoms with Crippen molar-refractivity contribution in [1.82, 2.24) is 0 Å². The highest BCUT2D eigenvalue weighted by Crippen LogP contribution is 2.54. The van der Waals surface area contributed by atoms with Crippen molar-refractivity contribution in [3.05, 3.63) is 42.5 Å². The van der Waals surface area contributed by atoms with E-state index in [2.05, 4.69) is 61.5 Å². The van der Waals surface area contributed by atoms with Crippen LogP contribution in [0.2, 0.25) is 0 Å². The van der Waals surface area contributed by atoms with Gasteiger partial charge in [-0.15, -0.1) is 0 Å². The molecule has 2 aromatic rings. The van der Waals surface area contributed by atoms with Gasteiger partial charge in [-0.2, -0.15) is 0 Å². The first-order valence-corrected chi connectivity index (χ1v) is 10.6. The molecule has 3 heteroatoms. The lowest BCUT2D eigenvalue weighted by Gasteiger charge is -2.28. The third kappa shape index (κ3) is 2.82. The van der Waals surface area contributed by atoms with Crippen molar-refractivity contribution in [2.45, 2.75) is 37.8 Å². The van der Waals surface area contributed by atoms with Crippen molar-refractivity contribution in [3.63, 3.8) is 0 Å². The van der Waals surface area contributed by atoms with E-state index in [4.69, 9.17) is 4.74 Å². The molecule has 1 aliphatic carbocycles. The molecule has 1 atom stereocenters. The van der Waals surface area contributed by atoms with Gasteiger partial charge < -0.3 is 9.64 Å². The molecule has 1 aliphatic heterocycles. The van der Waals surface area contributed by atoms with E-state index in [-0.39, 0.29) is 7.92 Å². The van der Waals surface area contributed by atoms with Gasteiger partial charge in [0.15, 0.2) is 0 Å². The van der Waals surface area contributed by atoms with Crippen LogP contribution >= 0.6 is 7.92 Å². The molecule has 0 radical (unpaired) electrons.